The topological polar surface area (TPSA) is 58.6 Å². The van der Waals surface area contributed by atoms with Crippen LogP contribution < -0.4 is 5.32 Å². The van der Waals surface area contributed by atoms with E-state index in [1.807, 2.05) is 0 Å². The van der Waals surface area contributed by atoms with Crippen molar-refractivity contribution in [1.82, 2.24) is 10.2 Å². The van der Waals surface area contributed by atoms with E-state index in [0.717, 1.165) is 45.2 Å². The van der Waals surface area contributed by atoms with Gasteiger partial charge >= 0.3 is 0 Å². The maximum atomic E-state index is 11.7. The largest absolute Gasteiger partial charge is 0.381 e. The van der Waals surface area contributed by atoms with E-state index in [9.17, 15) is 8.42 Å². The van der Waals surface area contributed by atoms with Crippen molar-refractivity contribution >= 4 is 9.84 Å². The van der Waals surface area contributed by atoms with E-state index in [1.54, 1.807) is 0 Å². The van der Waals surface area contributed by atoms with Crippen LogP contribution in [0, 0.1) is 5.41 Å². The monoisotopic (exact) mass is 316 g/mol. The molecule has 0 spiro atoms. The fourth-order valence-corrected chi connectivity index (χ4v) is 5.17. The standard InChI is InChI=1S/C15H28N2O3S/c1-13-10-21(18,19)9-6-17(13)12-15(4-7-20-8-5-15)11-16-14-2-3-14/h13-14,16H,2-12H2,1H3. The third kappa shape index (κ3) is 4.18. The highest BCUT2D eigenvalue weighted by atomic mass is 32.2. The van der Waals surface area contributed by atoms with Gasteiger partial charge in [0.05, 0.1) is 11.5 Å². The average molecular weight is 316 g/mol. The number of rotatable bonds is 5. The Morgan fingerprint density at radius 2 is 2.00 bits per heavy atom. The molecular weight excluding hydrogens is 288 g/mol. The van der Waals surface area contributed by atoms with Crippen molar-refractivity contribution in [3.63, 3.8) is 0 Å². The van der Waals surface area contributed by atoms with Gasteiger partial charge in [-0.2, -0.15) is 0 Å². The first kappa shape index (κ1) is 15.7. The minimum atomic E-state index is -2.82. The van der Waals surface area contributed by atoms with Crippen molar-refractivity contribution in [1.29, 1.82) is 0 Å². The van der Waals surface area contributed by atoms with E-state index >= 15 is 0 Å². The van der Waals surface area contributed by atoms with Crippen LogP contribution in [0.4, 0.5) is 0 Å². The Kier molecular flexibility index (Phi) is 4.60. The van der Waals surface area contributed by atoms with Crippen LogP contribution in [-0.2, 0) is 14.6 Å². The van der Waals surface area contributed by atoms with E-state index in [4.69, 9.17) is 4.74 Å². The summed E-state index contributed by atoms with van der Waals surface area (Å²) in [6.07, 6.45) is 4.79. The van der Waals surface area contributed by atoms with Crippen molar-refractivity contribution in [2.24, 2.45) is 5.41 Å². The first-order valence-electron chi connectivity index (χ1n) is 8.24. The Hall–Kier alpha value is -0.170. The third-order valence-corrected chi connectivity index (χ3v) is 7.04. The molecule has 0 aromatic carbocycles. The summed E-state index contributed by atoms with van der Waals surface area (Å²) in [4.78, 5) is 2.39. The lowest BCUT2D eigenvalue weighted by Crippen LogP contribution is -2.54. The molecule has 1 saturated carbocycles. The molecule has 3 rings (SSSR count). The summed E-state index contributed by atoms with van der Waals surface area (Å²) in [6.45, 7) is 6.48. The molecule has 6 heteroatoms. The molecule has 122 valence electrons. The summed E-state index contributed by atoms with van der Waals surface area (Å²) in [5.41, 5.74) is 0.260. The number of ether oxygens (including phenoxy) is 1. The van der Waals surface area contributed by atoms with Crippen LogP contribution in [0.25, 0.3) is 0 Å². The van der Waals surface area contributed by atoms with Crippen molar-refractivity contribution in [3.8, 4) is 0 Å². The molecule has 1 atom stereocenters. The zero-order chi connectivity index (χ0) is 14.9. The van der Waals surface area contributed by atoms with Gasteiger partial charge in [0.1, 0.15) is 0 Å². The molecule has 0 radical (unpaired) electrons. The van der Waals surface area contributed by atoms with Crippen LogP contribution in [0.3, 0.4) is 0 Å². The van der Waals surface area contributed by atoms with Gasteiger partial charge in [-0.15, -0.1) is 0 Å². The van der Waals surface area contributed by atoms with Crippen LogP contribution in [0.2, 0.25) is 0 Å². The Morgan fingerprint density at radius 3 is 2.62 bits per heavy atom. The molecule has 2 heterocycles. The van der Waals surface area contributed by atoms with E-state index in [0.29, 0.717) is 18.1 Å². The van der Waals surface area contributed by atoms with Gasteiger partial charge in [0, 0.05) is 44.9 Å². The van der Waals surface area contributed by atoms with Crippen LogP contribution >= 0.6 is 0 Å². The van der Waals surface area contributed by atoms with E-state index in [1.165, 1.54) is 12.8 Å². The molecule has 3 fully saturated rings. The smallest absolute Gasteiger partial charge is 0.153 e. The molecule has 0 aromatic heterocycles. The lowest BCUT2D eigenvalue weighted by molar-refractivity contribution is -0.00906. The van der Waals surface area contributed by atoms with Crippen LogP contribution in [0.5, 0.6) is 0 Å². The summed E-state index contributed by atoms with van der Waals surface area (Å²) in [7, 11) is -2.82. The molecule has 1 unspecified atom stereocenters. The van der Waals surface area contributed by atoms with Crippen LogP contribution in [0.15, 0.2) is 0 Å². The fourth-order valence-electron chi connectivity index (χ4n) is 3.54. The highest BCUT2D eigenvalue weighted by molar-refractivity contribution is 7.91. The Labute approximate surface area is 128 Å². The zero-order valence-electron chi connectivity index (χ0n) is 13.0. The molecule has 0 amide bonds. The third-order valence-electron chi connectivity index (χ3n) is 5.24. The number of nitrogens with one attached hydrogen (secondary N) is 1. The molecular formula is C15H28N2O3S. The van der Waals surface area contributed by atoms with E-state index in [-0.39, 0.29) is 11.5 Å². The SMILES string of the molecule is CC1CS(=O)(=O)CCN1CC1(CNC2CC2)CCOCC1. The average Bonchev–Trinajstić information content (AvgIpc) is 3.25. The first-order chi connectivity index (χ1) is 9.98. The highest BCUT2D eigenvalue weighted by Gasteiger charge is 2.39. The normalized spacial score (nSPS) is 32.9. The molecule has 0 aromatic rings. The minimum absolute atomic E-state index is 0.143. The van der Waals surface area contributed by atoms with Gasteiger partial charge in [-0.25, -0.2) is 8.42 Å². The number of hydrogen-bond donors (Lipinski definition) is 1. The lowest BCUT2D eigenvalue weighted by Gasteiger charge is -2.44. The predicted octanol–water partition coefficient (Wildman–Crippen LogP) is 0.654. The van der Waals surface area contributed by atoms with E-state index in [2.05, 4.69) is 17.1 Å². The second-order valence-electron chi connectivity index (χ2n) is 7.20. The van der Waals surface area contributed by atoms with Crippen LogP contribution in [-0.4, -0.2) is 69.8 Å². The quantitative estimate of drug-likeness (QED) is 0.807. The molecule has 2 aliphatic heterocycles. The number of nitrogens with zero attached hydrogens (tertiary/aromatic N) is 1. The van der Waals surface area contributed by atoms with Gasteiger partial charge < -0.3 is 10.1 Å². The zero-order valence-corrected chi connectivity index (χ0v) is 13.8. The summed E-state index contributed by atoms with van der Waals surface area (Å²) in [5.74, 6) is 0.635. The lowest BCUT2D eigenvalue weighted by atomic mass is 9.79. The molecule has 21 heavy (non-hydrogen) atoms. The van der Waals surface area contributed by atoms with Gasteiger partial charge in [-0.1, -0.05) is 0 Å². The summed E-state index contributed by atoms with van der Waals surface area (Å²) >= 11 is 0. The van der Waals surface area contributed by atoms with Crippen molar-refractivity contribution < 1.29 is 13.2 Å². The number of hydrogen-bond acceptors (Lipinski definition) is 5. The molecule has 1 aliphatic carbocycles. The maximum Gasteiger partial charge on any atom is 0.153 e. The van der Waals surface area contributed by atoms with Crippen LogP contribution in [0.1, 0.15) is 32.6 Å². The molecule has 5 nitrogen and oxygen atoms in total. The van der Waals surface area contributed by atoms with Crippen molar-refractivity contribution in [3.05, 3.63) is 0 Å². The molecule has 3 aliphatic rings. The fraction of sp³-hybridized carbons (Fsp3) is 1.00. The highest BCUT2D eigenvalue weighted by Crippen LogP contribution is 2.33. The predicted molar refractivity (Wildman–Crippen MR) is 83.2 cm³/mol. The molecule has 0 bridgehead atoms. The summed E-state index contributed by atoms with van der Waals surface area (Å²) < 4.78 is 29.0. The first-order valence-corrected chi connectivity index (χ1v) is 10.1. The Balaban J connectivity index is 1.62. The van der Waals surface area contributed by atoms with Gasteiger partial charge in [0.2, 0.25) is 0 Å². The number of sulfone groups is 1. The summed E-state index contributed by atoms with van der Waals surface area (Å²) in [5, 5.41) is 3.69. The van der Waals surface area contributed by atoms with Crippen molar-refractivity contribution in [2.45, 2.75) is 44.7 Å². The Bertz CT molecular complexity index is 456. The van der Waals surface area contributed by atoms with Gasteiger partial charge in [0.15, 0.2) is 9.84 Å². The van der Waals surface area contributed by atoms with Gasteiger partial charge in [0.25, 0.3) is 0 Å². The van der Waals surface area contributed by atoms with Crippen molar-refractivity contribution in [2.75, 3.05) is 44.4 Å². The Morgan fingerprint density at radius 1 is 1.29 bits per heavy atom. The van der Waals surface area contributed by atoms with E-state index < -0.39 is 9.84 Å². The maximum absolute atomic E-state index is 11.7. The minimum Gasteiger partial charge on any atom is -0.381 e. The molecule has 2 saturated heterocycles. The second-order valence-corrected chi connectivity index (χ2v) is 9.43. The molecule has 1 N–H and O–H groups in total. The summed E-state index contributed by atoms with van der Waals surface area (Å²) in [6, 6.07) is 0.869. The van der Waals surface area contributed by atoms with Gasteiger partial charge in [-0.3, -0.25) is 4.90 Å². The van der Waals surface area contributed by atoms with Gasteiger partial charge in [-0.05, 0) is 38.0 Å². The second kappa shape index (κ2) is 6.14.